The van der Waals surface area contributed by atoms with E-state index in [1.807, 2.05) is 54.6 Å². The third kappa shape index (κ3) is 7.41. The van der Waals surface area contributed by atoms with Gasteiger partial charge in [-0.2, -0.15) is 0 Å². The van der Waals surface area contributed by atoms with Crippen molar-refractivity contribution in [3.63, 3.8) is 0 Å². The van der Waals surface area contributed by atoms with Gasteiger partial charge in [-0.15, -0.1) is 0 Å². The molecule has 0 aromatic heterocycles. The number of methoxy groups -OCH3 is 2. The molecule has 0 radical (unpaired) electrons. The van der Waals surface area contributed by atoms with Crippen molar-refractivity contribution in [3.8, 4) is 17.2 Å². The summed E-state index contributed by atoms with van der Waals surface area (Å²) in [6.07, 6.45) is 0.702. The van der Waals surface area contributed by atoms with Crippen LogP contribution in [0.15, 0.2) is 84.9 Å². The van der Waals surface area contributed by atoms with Crippen molar-refractivity contribution in [1.29, 1.82) is 0 Å². The fourth-order valence-corrected chi connectivity index (χ4v) is 5.73. The van der Waals surface area contributed by atoms with Crippen LogP contribution in [0.2, 0.25) is 0 Å². The monoisotopic (exact) mass is 571 g/mol. The van der Waals surface area contributed by atoms with E-state index < -0.39 is 0 Å². The lowest BCUT2D eigenvalue weighted by Crippen LogP contribution is -2.47. The van der Waals surface area contributed by atoms with Crippen molar-refractivity contribution in [2.24, 2.45) is 5.92 Å². The predicted molar refractivity (Wildman–Crippen MR) is 164 cm³/mol. The number of hydrogen-bond acceptors (Lipinski definition) is 7. The summed E-state index contributed by atoms with van der Waals surface area (Å²) in [7, 11) is 3.37. The number of piperidine rings is 1. The number of rotatable bonds is 14. The van der Waals surface area contributed by atoms with Gasteiger partial charge in [-0.25, -0.2) is 0 Å². The van der Waals surface area contributed by atoms with Crippen LogP contribution in [0.3, 0.4) is 0 Å². The highest BCUT2D eigenvalue weighted by molar-refractivity contribution is 5.89. The van der Waals surface area contributed by atoms with Gasteiger partial charge in [-0.1, -0.05) is 54.6 Å². The van der Waals surface area contributed by atoms with Gasteiger partial charge >= 0.3 is 0 Å². The number of benzene rings is 4. The Hall–Kier alpha value is -3.62. The minimum Gasteiger partial charge on any atom is -0.496 e. The largest absolute Gasteiger partial charge is 0.496 e. The van der Waals surface area contributed by atoms with E-state index in [4.69, 9.17) is 23.7 Å². The molecular formula is C35H41NO6. The Labute approximate surface area is 248 Å². The van der Waals surface area contributed by atoms with Crippen molar-refractivity contribution >= 4 is 10.8 Å². The van der Waals surface area contributed by atoms with Gasteiger partial charge in [0.25, 0.3) is 0 Å². The molecule has 4 aromatic rings. The third-order valence-electron chi connectivity index (χ3n) is 7.88. The van der Waals surface area contributed by atoms with E-state index in [9.17, 15) is 5.11 Å². The summed E-state index contributed by atoms with van der Waals surface area (Å²) in [6.45, 7) is 3.71. The van der Waals surface area contributed by atoms with Gasteiger partial charge in [0.2, 0.25) is 0 Å². The Balaban J connectivity index is 1.15. The Kier molecular flexibility index (Phi) is 10.7. The highest BCUT2D eigenvalue weighted by atomic mass is 16.5. The van der Waals surface area contributed by atoms with Crippen LogP contribution < -0.4 is 19.5 Å². The SMILES string of the molecule is COc1ccccc1COCCCOc1ccc([C@H]2C(CO)CNC[C@@H]2OCc2cc(OC)c3ccccc3c2)cc1. The lowest BCUT2D eigenvalue weighted by Gasteiger charge is -2.38. The number of hydrogen-bond donors (Lipinski definition) is 2. The molecule has 1 aliphatic rings. The van der Waals surface area contributed by atoms with Crippen molar-refractivity contribution < 1.29 is 28.8 Å². The van der Waals surface area contributed by atoms with Crippen LogP contribution in [0.25, 0.3) is 10.8 Å². The Bertz CT molecular complexity index is 1410. The van der Waals surface area contributed by atoms with E-state index in [0.29, 0.717) is 26.4 Å². The average Bonchev–Trinajstić information content (AvgIpc) is 3.05. The molecule has 0 spiro atoms. The molecule has 3 atom stereocenters. The second-order valence-corrected chi connectivity index (χ2v) is 10.6. The number of ether oxygens (including phenoxy) is 5. The summed E-state index contributed by atoms with van der Waals surface area (Å²) in [6, 6.07) is 28.5. The zero-order valence-corrected chi connectivity index (χ0v) is 24.5. The van der Waals surface area contributed by atoms with Gasteiger partial charge in [-0.3, -0.25) is 0 Å². The van der Waals surface area contributed by atoms with Crippen LogP contribution in [0.4, 0.5) is 0 Å². The first kappa shape index (κ1) is 29.9. The summed E-state index contributed by atoms with van der Waals surface area (Å²) in [4.78, 5) is 0. The molecule has 2 N–H and O–H groups in total. The molecule has 0 saturated carbocycles. The van der Waals surface area contributed by atoms with Crippen molar-refractivity contribution in [3.05, 3.63) is 102 Å². The van der Waals surface area contributed by atoms with E-state index in [1.54, 1.807) is 14.2 Å². The standard InChI is InChI=1S/C35H41NO6/c1-38-32-11-6-4-9-28(32)24-40-16-7-17-41-30-14-12-26(13-15-30)35-29(22-37)20-36-21-34(35)42-23-25-18-27-8-3-5-10-31(27)33(19-25)39-2/h3-6,8-15,18-19,29,34-37H,7,16-17,20-24H2,1-2H3/t29?,34-,35-/m0/s1. The Morgan fingerprint density at radius 3 is 2.40 bits per heavy atom. The summed E-state index contributed by atoms with van der Waals surface area (Å²) in [5, 5.41) is 15.9. The average molecular weight is 572 g/mol. The van der Waals surface area contributed by atoms with E-state index in [2.05, 4.69) is 35.6 Å². The molecule has 0 amide bonds. The number of nitrogens with one attached hydrogen (secondary N) is 1. The van der Waals surface area contributed by atoms with Crippen LogP contribution >= 0.6 is 0 Å². The highest BCUT2D eigenvalue weighted by Crippen LogP contribution is 2.34. The van der Waals surface area contributed by atoms with E-state index in [1.165, 1.54) is 0 Å². The molecule has 0 bridgehead atoms. The van der Waals surface area contributed by atoms with E-state index in [0.717, 1.165) is 64.2 Å². The Morgan fingerprint density at radius 1 is 0.810 bits per heavy atom. The maximum absolute atomic E-state index is 10.2. The second kappa shape index (κ2) is 15.0. The molecular weight excluding hydrogens is 530 g/mol. The maximum atomic E-state index is 10.2. The smallest absolute Gasteiger partial charge is 0.127 e. The van der Waals surface area contributed by atoms with Gasteiger partial charge in [0, 0.05) is 48.9 Å². The lowest BCUT2D eigenvalue weighted by molar-refractivity contribution is -0.0151. The molecule has 1 saturated heterocycles. The second-order valence-electron chi connectivity index (χ2n) is 10.6. The highest BCUT2D eigenvalue weighted by Gasteiger charge is 2.35. The van der Waals surface area contributed by atoms with Gasteiger partial charge in [-0.05, 0) is 46.8 Å². The fourth-order valence-electron chi connectivity index (χ4n) is 5.73. The summed E-state index contributed by atoms with van der Waals surface area (Å²) in [5.41, 5.74) is 3.24. The summed E-state index contributed by atoms with van der Waals surface area (Å²) < 4.78 is 29.3. The quantitative estimate of drug-likeness (QED) is 0.187. The molecule has 1 fully saturated rings. The first-order chi connectivity index (χ1) is 20.7. The van der Waals surface area contributed by atoms with Gasteiger partial charge in [0.15, 0.2) is 0 Å². The number of aliphatic hydroxyl groups is 1. The topological polar surface area (TPSA) is 78.4 Å². The minimum absolute atomic E-state index is 0.0574. The predicted octanol–water partition coefficient (Wildman–Crippen LogP) is 5.72. The van der Waals surface area contributed by atoms with E-state index >= 15 is 0 Å². The van der Waals surface area contributed by atoms with Crippen LogP contribution in [0.1, 0.15) is 29.0 Å². The van der Waals surface area contributed by atoms with Gasteiger partial charge in [0.05, 0.1) is 46.8 Å². The molecule has 1 aliphatic heterocycles. The Morgan fingerprint density at radius 2 is 1.60 bits per heavy atom. The van der Waals surface area contributed by atoms with Crippen LogP contribution in [-0.4, -0.2) is 58.3 Å². The molecule has 4 aromatic carbocycles. The first-order valence-corrected chi connectivity index (χ1v) is 14.6. The summed E-state index contributed by atoms with van der Waals surface area (Å²) in [5.74, 6) is 2.63. The summed E-state index contributed by atoms with van der Waals surface area (Å²) >= 11 is 0. The molecule has 0 aliphatic carbocycles. The molecule has 5 rings (SSSR count). The van der Waals surface area contributed by atoms with Crippen molar-refractivity contribution in [1.82, 2.24) is 5.32 Å². The van der Waals surface area contributed by atoms with Crippen molar-refractivity contribution in [2.45, 2.75) is 31.7 Å². The zero-order valence-electron chi connectivity index (χ0n) is 24.5. The molecule has 42 heavy (non-hydrogen) atoms. The molecule has 7 heteroatoms. The van der Waals surface area contributed by atoms with Crippen LogP contribution in [0, 0.1) is 5.92 Å². The zero-order chi connectivity index (χ0) is 29.1. The normalized spacial score (nSPS) is 18.6. The van der Waals surface area contributed by atoms with Crippen molar-refractivity contribution in [2.75, 3.05) is 47.1 Å². The van der Waals surface area contributed by atoms with Crippen LogP contribution in [0.5, 0.6) is 17.2 Å². The lowest BCUT2D eigenvalue weighted by atomic mass is 9.79. The van der Waals surface area contributed by atoms with Gasteiger partial charge in [0.1, 0.15) is 17.2 Å². The third-order valence-corrected chi connectivity index (χ3v) is 7.88. The number of para-hydroxylation sites is 1. The van der Waals surface area contributed by atoms with E-state index in [-0.39, 0.29) is 24.5 Å². The number of fused-ring (bicyclic) bond motifs is 1. The molecule has 1 unspecified atom stereocenters. The fraction of sp³-hybridized carbons (Fsp3) is 0.371. The molecule has 7 nitrogen and oxygen atoms in total. The van der Waals surface area contributed by atoms with Crippen LogP contribution in [-0.2, 0) is 22.7 Å². The minimum atomic E-state index is -0.0829. The number of aliphatic hydroxyl groups excluding tert-OH is 1. The maximum Gasteiger partial charge on any atom is 0.127 e. The molecule has 222 valence electrons. The molecule has 1 heterocycles. The van der Waals surface area contributed by atoms with Gasteiger partial charge < -0.3 is 34.1 Å². The first-order valence-electron chi connectivity index (χ1n) is 14.6.